The molecule has 0 aliphatic rings. The largest absolute Gasteiger partial charge is 0.350 e. The molecule has 0 atom stereocenters. The van der Waals surface area contributed by atoms with Crippen LogP contribution in [0.2, 0.25) is 10.0 Å². The molecule has 1 heterocycles. The van der Waals surface area contributed by atoms with E-state index in [0.29, 0.717) is 22.1 Å². The number of halogens is 3. The number of hydrogen-bond acceptors (Lipinski definition) is 4. The number of rotatable bonds is 7. The summed E-state index contributed by atoms with van der Waals surface area (Å²) in [6.45, 7) is 0.401. The van der Waals surface area contributed by atoms with Crippen LogP contribution in [-0.2, 0) is 0 Å². The van der Waals surface area contributed by atoms with E-state index in [9.17, 15) is 14.0 Å². The molecule has 0 aliphatic heterocycles. The van der Waals surface area contributed by atoms with Crippen molar-refractivity contribution in [1.29, 1.82) is 0 Å². The zero-order valence-electron chi connectivity index (χ0n) is 15.6. The minimum atomic E-state index is -0.403. The first kappa shape index (κ1) is 21.5. The lowest BCUT2D eigenvalue weighted by molar-refractivity contribution is 0.0928. The summed E-state index contributed by atoms with van der Waals surface area (Å²) in [6.07, 6.45) is 1.52. The number of carbonyl (C=O) groups is 2. The highest BCUT2D eigenvalue weighted by atomic mass is 35.5. The molecule has 154 valence electrons. The van der Waals surface area contributed by atoms with Crippen molar-refractivity contribution in [3.05, 3.63) is 87.8 Å². The van der Waals surface area contributed by atoms with Crippen molar-refractivity contribution in [2.24, 2.45) is 0 Å². The Kier molecular flexibility index (Phi) is 7.21. The summed E-state index contributed by atoms with van der Waals surface area (Å²) >= 11 is 11.7. The molecule has 3 rings (SSSR count). The summed E-state index contributed by atoms with van der Waals surface area (Å²) in [5.74, 6) is -0.830. The van der Waals surface area contributed by atoms with Gasteiger partial charge < -0.3 is 16.0 Å². The van der Waals surface area contributed by atoms with Crippen LogP contribution in [0.15, 0.2) is 60.8 Å². The van der Waals surface area contributed by atoms with Crippen molar-refractivity contribution in [1.82, 2.24) is 15.6 Å². The van der Waals surface area contributed by atoms with E-state index in [2.05, 4.69) is 20.9 Å². The molecule has 0 unspecified atom stereocenters. The summed E-state index contributed by atoms with van der Waals surface area (Å²) in [5, 5.41) is 8.97. The van der Waals surface area contributed by atoms with Crippen molar-refractivity contribution in [2.45, 2.75) is 0 Å². The molecule has 1 aromatic heterocycles. The number of nitrogens with one attached hydrogen (secondary N) is 3. The van der Waals surface area contributed by atoms with Crippen LogP contribution in [0.4, 0.5) is 15.9 Å². The van der Waals surface area contributed by atoms with Gasteiger partial charge in [-0.05, 0) is 48.5 Å². The molecule has 30 heavy (non-hydrogen) atoms. The first-order chi connectivity index (χ1) is 14.4. The van der Waals surface area contributed by atoms with Crippen LogP contribution >= 0.6 is 23.2 Å². The molecule has 0 spiro atoms. The fraction of sp³-hybridized carbons (Fsp3) is 0.0952. The van der Waals surface area contributed by atoms with Crippen LogP contribution in [0.3, 0.4) is 0 Å². The van der Waals surface area contributed by atoms with Gasteiger partial charge >= 0.3 is 0 Å². The van der Waals surface area contributed by atoms with E-state index in [1.807, 2.05) is 0 Å². The maximum Gasteiger partial charge on any atom is 0.255 e. The maximum atomic E-state index is 13.4. The second kappa shape index (κ2) is 10.0. The Balaban J connectivity index is 1.55. The Bertz CT molecular complexity index is 1080. The average molecular weight is 447 g/mol. The van der Waals surface area contributed by atoms with E-state index in [0.717, 1.165) is 0 Å². The standard InChI is InChI=1S/C21H17Cl2FN4O2/c22-17-7-6-13(11-18(17)23)20(29)26-9-10-27-21(30)16-5-2-8-25-19(16)28-15-4-1-3-14(24)12-15/h1-8,11-12H,9-10H2,(H,25,28)(H,26,29)(H,27,30). The number of benzene rings is 2. The highest BCUT2D eigenvalue weighted by molar-refractivity contribution is 6.42. The normalized spacial score (nSPS) is 10.4. The molecule has 0 bridgehead atoms. The minimum Gasteiger partial charge on any atom is -0.350 e. The monoisotopic (exact) mass is 446 g/mol. The number of amides is 2. The Morgan fingerprint density at radius 1 is 0.900 bits per heavy atom. The van der Waals surface area contributed by atoms with Crippen LogP contribution in [0.25, 0.3) is 0 Å². The molecule has 9 heteroatoms. The third-order valence-corrected chi connectivity index (χ3v) is 4.76. The molecule has 6 nitrogen and oxygen atoms in total. The van der Waals surface area contributed by atoms with Crippen LogP contribution in [0.1, 0.15) is 20.7 Å². The lowest BCUT2D eigenvalue weighted by Crippen LogP contribution is -2.35. The highest BCUT2D eigenvalue weighted by Gasteiger charge is 2.13. The van der Waals surface area contributed by atoms with Crippen LogP contribution in [-0.4, -0.2) is 29.9 Å². The van der Waals surface area contributed by atoms with Crippen molar-refractivity contribution in [3.63, 3.8) is 0 Å². The zero-order valence-corrected chi connectivity index (χ0v) is 17.1. The molecule has 2 aromatic carbocycles. The smallest absolute Gasteiger partial charge is 0.255 e. The van der Waals surface area contributed by atoms with E-state index in [1.165, 1.54) is 30.5 Å². The maximum absolute atomic E-state index is 13.4. The number of anilines is 2. The third kappa shape index (κ3) is 5.68. The highest BCUT2D eigenvalue weighted by Crippen LogP contribution is 2.22. The molecular weight excluding hydrogens is 430 g/mol. The fourth-order valence-electron chi connectivity index (χ4n) is 2.58. The van der Waals surface area contributed by atoms with Crippen LogP contribution in [0.5, 0.6) is 0 Å². The minimum absolute atomic E-state index is 0.195. The van der Waals surface area contributed by atoms with Crippen molar-refractivity contribution < 1.29 is 14.0 Å². The zero-order chi connectivity index (χ0) is 21.5. The van der Waals surface area contributed by atoms with E-state index in [1.54, 1.807) is 30.3 Å². The SMILES string of the molecule is O=C(NCCNC(=O)c1cccnc1Nc1cccc(F)c1)c1ccc(Cl)c(Cl)c1. The van der Waals surface area contributed by atoms with Crippen LogP contribution in [0, 0.1) is 5.82 Å². The van der Waals surface area contributed by atoms with Crippen molar-refractivity contribution >= 4 is 46.5 Å². The van der Waals surface area contributed by atoms with Crippen molar-refractivity contribution in [3.8, 4) is 0 Å². The van der Waals surface area contributed by atoms with E-state index in [4.69, 9.17) is 23.2 Å². The summed E-state index contributed by atoms with van der Waals surface area (Å²) in [5.41, 5.74) is 1.12. The number of nitrogens with zero attached hydrogens (tertiary/aromatic N) is 1. The molecule has 3 aromatic rings. The fourth-order valence-corrected chi connectivity index (χ4v) is 2.88. The first-order valence-electron chi connectivity index (χ1n) is 8.93. The molecule has 2 amide bonds. The number of carbonyl (C=O) groups excluding carboxylic acids is 2. The summed E-state index contributed by atoms with van der Waals surface area (Å²) in [7, 11) is 0. The van der Waals surface area contributed by atoms with Gasteiger partial charge in [0, 0.05) is 30.5 Å². The Hall–Kier alpha value is -3.16. The Labute approximate surface area is 182 Å². The predicted octanol–water partition coefficient (Wildman–Crippen LogP) is 4.43. The molecule has 0 fully saturated rings. The second-order valence-electron chi connectivity index (χ2n) is 6.18. The third-order valence-electron chi connectivity index (χ3n) is 4.02. The van der Waals surface area contributed by atoms with E-state index >= 15 is 0 Å². The topological polar surface area (TPSA) is 83.1 Å². The Morgan fingerprint density at radius 3 is 2.40 bits per heavy atom. The first-order valence-corrected chi connectivity index (χ1v) is 9.68. The van der Waals surface area contributed by atoms with Gasteiger partial charge in [0.05, 0.1) is 15.6 Å². The van der Waals surface area contributed by atoms with Gasteiger partial charge in [-0.15, -0.1) is 0 Å². The van der Waals surface area contributed by atoms with Gasteiger partial charge in [0.25, 0.3) is 11.8 Å². The van der Waals surface area contributed by atoms with Gasteiger partial charge in [-0.2, -0.15) is 0 Å². The quantitative estimate of drug-likeness (QED) is 0.468. The average Bonchev–Trinajstić information content (AvgIpc) is 2.73. The molecule has 0 saturated carbocycles. The number of hydrogen-bond donors (Lipinski definition) is 3. The van der Waals surface area contributed by atoms with Gasteiger partial charge in [0.2, 0.25) is 0 Å². The van der Waals surface area contributed by atoms with Gasteiger partial charge in [-0.1, -0.05) is 29.3 Å². The molecule has 0 radical (unpaired) electrons. The molecule has 0 saturated heterocycles. The summed E-state index contributed by atoms with van der Waals surface area (Å²) < 4.78 is 13.4. The van der Waals surface area contributed by atoms with Gasteiger partial charge in [-0.25, -0.2) is 9.37 Å². The second-order valence-corrected chi connectivity index (χ2v) is 6.99. The van der Waals surface area contributed by atoms with E-state index in [-0.39, 0.29) is 35.5 Å². The van der Waals surface area contributed by atoms with Crippen molar-refractivity contribution in [2.75, 3.05) is 18.4 Å². The van der Waals surface area contributed by atoms with Gasteiger partial charge in [0.15, 0.2) is 0 Å². The van der Waals surface area contributed by atoms with Crippen LogP contribution < -0.4 is 16.0 Å². The van der Waals surface area contributed by atoms with Gasteiger partial charge in [0.1, 0.15) is 11.6 Å². The summed E-state index contributed by atoms with van der Waals surface area (Å²) in [6, 6.07) is 13.6. The molecule has 3 N–H and O–H groups in total. The predicted molar refractivity (Wildman–Crippen MR) is 115 cm³/mol. The molecular formula is C21H17Cl2FN4O2. The summed E-state index contributed by atoms with van der Waals surface area (Å²) in [4.78, 5) is 28.8. The Morgan fingerprint density at radius 2 is 1.67 bits per heavy atom. The lowest BCUT2D eigenvalue weighted by atomic mass is 10.2. The number of pyridine rings is 1. The lowest BCUT2D eigenvalue weighted by Gasteiger charge is -2.12. The van der Waals surface area contributed by atoms with E-state index < -0.39 is 5.82 Å². The molecule has 0 aliphatic carbocycles. The number of aromatic nitrogens is 1. The van der Waals surface area contributed by atoms with Gasteiger partial charge in [-0.3, -0.25) is 9.59 Å².